The van der Waals surface area contributed by atoms with E-state index >= 15 is 0 Å². The van der Waals surface area contributed by atoms with Gasteiger partial charge in [-0.15, -0.1) is 0 Å². The number of hydrogen-bond acceptors (Lipinski definition) is 6. The molecular weight excluding hydrogens is 458 g/mol. The number of carbonyl (C=O) groups excluding carboxylic acids is 3. The Morgan fingerprint density at radius 1 is 1.11 bits per heavy atom. The maximum absolute atomic E-state index is 13.2. The van der Waals surface area contributed by atoms with Gasteiger partial charge in [0.1, 0.15) is 12.3 Å². The molecule has 2 rings (SSSR count). The van der Waals surface area contributed by atoms with Gasteiger partial charge in [-0.2, -0.15) is 0 Å². The van der Waals surface area contributed by atoms with Crippen LogP contribution in [0.2, 0.25) is 0 Å². The SMILES string of the molecule is CC(C)[C@H]1NC(=O)[C@@H](C)[C@@H](C/C=C\CCC(N)=O)NC[C@@H](Cc2ccccc2)NC(O)[C@@H](C)NC1=O. The summed E-state index contributed by atoms with van der Waals surface area (Å²) in [4.78, 5) is 37.2. The van der Waals surface area contributed by atoms with E-state index in [9.17, 15) is 19.5 Å². The van der Waals surface area contributed by atoms with Crippen LogP contribution in [0.4, 0.5) is 0 Å². The van der Waals surface area contributed by atoms with Crippen molar-refractivity contribution in [2.24, 2.45) is 17.6 Å². The van der Waals surface area contributed by atoms with Crippen LogP contribution >= 0.6 is 0 Å². The highest BCUT2D eigenvalue weighted by atomic mass is 16.3. The largest absolute Gasteiger partial charge is 0.376 e. The number of hydrogen-bond donors (Lipinski definition) is 6. The third-order valence-electron chi connectivity index (χ3n) is 6.58. The molecule has 1 saturated heterocycles. The van der Waals surface area contributed by atoms with E-state index in [-0.39, 0.29) is 42.1 Å². The molecule has 1 fully saturated rings. The highest BCUT2D eigenvalue weighted by Gasteiger charge is 2.32. The van der Waals surface area contributed by atoms with Gasteiger partial charge in [0.05, 0.1) is 12.0 Å². The van der Waals surface area contributed by atoms with Gasteiger partial charge in [-0.05, 0) is 37.7 Å². The molecule has 200 valence electrons. The Kier molecular flexibility index (Phi) is 12.1. The van der Waals surface area contributed by atoms with Crippen molar-refractivity contribution in [1.82, 2.24) is 21.3 Å². The molecule has 1 heterocycles. The van der Waals surface area contributed by atoms with Gasteiger partial charge in [-0.25, -0.2) is 0 Å². The summed E-state index contributed by atoms with van der Waals surface area (Å²) in [6.45, 7) is 7.83. The summed E-state index contributed by atoms with van der Waals surface area (Å²) in [5.74, 6) is -1.46. The molecule has 9 nitrogen and oxygen atoms in total. The van der Waals surface area contributed by atoms with Crippen LogP contribution in [0.15, 0.2) is 42.5 Å². The third kappa shape index (κ3) is 9.72. The van der Waals surface area contributed by atoms with Gasteiger partial charge in [0, 0.05) is 25.0 Å². The molecule has 0 aliphatic carbocycles. The fourth-order valence-corrected chi connectivity index (χ4v) is 4.21. The number of allylic oxidation sites excluding steroid dienone is 1. The van der Waals surface area contributed by atoms with Gasteiger partial charge in [0.2, 0.25) is 17.7 Å². The lowest BCUT2D eigenvalue weighted by atomic mass is 9.95. The number of primary amides is 1. The monoisotopic (exact) mass is 501 g/mol. The fourth-order valence-electron chi connectivity index (χ4n) is 4.21. The summed E-state index contributed by atoms with van der Waals surface area (Å²) in [6, 6.07) is 8.31. The van der Waals surface area contributed by atoms with Gasteiger partial charge in [0.25, 0.3) is 0 Å². The number of amides is 3. The van der Waals surface area contributed by atoms with E-state index in [1.165, 1.54) is 0 Å². The fraction of sp³-hybridized carbons (Fsp3) is 0.593. The van der Waals surface area contributed by atoms with Crippen LogP contribution in [-0.4, -0.2) is 59.8 Å². The Labute approximate surface area is 214 Å². The average Bonchev–Trinajstić information content (AvgIpc) is 2.83. The predicted octanol–water partition coefficient (Wildman–Crippen LogP) is 0.971. The van der Waals surface area contributed by atoms with Crippen LogP contribution in [-0.2, 0) is 20.8 Å². The first kappa shape index (κ1) is 29.5. The lowest BCUT2D eigenvalue weighted by molar-refractivity contribution is -0.133. The first-order valence-corrected chi connectivity index (χ1v) is 12.8. The molecule has 3 amide bonds. The highest BCUT2D eigenvalue weighted by Crippen LogP contribution is 2.14. The molecule has 0 aromatic heterocycles. The quantitative estimate of drug-likeness (QED) is 0.293. The maximum atomic E-state index is 13.2. The van der Waals surface area contributed by atoms with E-state index in [4.69, 9.17) is 5.73 Å². The van der Waals surface area contributed by atoms with Crippen molar-refractivity contribution in [2.75, 3.05) is 6.54 Å². The zero-order valence-electron chi connectivity index (χ0n) is 21.9. The van der Waals surface area contributed by atoms with Crippen molar-refractivity contribution in [3.63, 3.8) is 0 Å². The second-order valence-corrected chi connectivity index (χ2v) is 10.0. The molecule has 0 radical (unpaired) electrons. The van der Waals surface area contributed by atoms with Crippen molar-refractivity contribution in [1.29, 1.82) is 0 Å². The van der Waals surface area contributed by atoms with Crippen LogP contribution in [0.1, 0.15) is 52.5 Å². The van der Waals surface area contributed by atoms with E-state index in [0.29, 0.717) is 25.8 Å². The Bertz CT molecular complexity index is 876. The van der Waals surface area contributed by atoms with Crippen LogP contribution < -0.4 is 27.0 Å². The van der Waals surface area contributed by atoms with Crippen molar-refractivity contribution in [2.45, 2.75) is 83.8 Å². The highest BCUT2D eigenvalue weighted by molar-refractivity contribution is 5.89. The van der Waals surface area contributed by atoms with E-state index in [1.54, 1.807) is 6.92 Å². The molecule has 0 saturated carbocycles. The van der Waals surface area contributed by atoms with Crippen LogP contribution in [0.25, 0.3) is 0 Å². The second kappa shape index (κ2) is 14.7. The minimum atomic E-state index is -0.974. The van der Waals surface area contributed by atoms with Gasteiger partial charge in [-0.3, -0.25) is 19.7 Å². The van der Waals surface area contributed by atoms with E-state index in [1.807, 2.05) is 63.3 Å². The number of nitrogens with two attached hydrogens (primary N) is 1. The van der Waals surface area contributed by atoms with E-state index < -0.39 is 24.2 Å². The molecule has 0 bridgehead atoms. The first-order chi connectivity index (χ1) is 17.1. The lowest BCUT2D eigenvalue weighted by Crippen LogP contribution is -2.57. The number of carbonyl (C=O) groups is 3. The molecule has 7 N–H and O–H groups in total. The Morgan fingerprint density at radius 2 is 1.81 bits per heavy atom. The summed E-state index contributed by atoms with van der Waals surface area (Å²) in [5, 5.41) is 23.4. The standard InChI is InChI=1S/C27H43N5O4/c1-17(2)24-27(36)30-19(4)26(35)31-21(15-20-11-7-5-8-12-20)16-29-22(18(3)25(34)32-24)13-9-6-10-14-23(28)33/h5-9,11-12,17-19,21-22,24,26,29,31,35H,10,13-16H2,1-4H3,(H2,28,33)(H,30,36)(H,32,34)/b9-6-/t18-,19+,21+,22+,24+,26?/m0/s1. The number of aliphatic hydroxyl groups excluding tert-OH is 1. The van der Waals surface area contributed by atoms with Gasteiger partial charge >= 0.3 is 0 Å². The average molecular weight is 502 g/mol. The maximum Gasteiger partial charge on any atom is 0.243 e. The number of nitrogens with one attached hydrogen (secondary N) is 4. The van der Waals surface area contributed by atoms with Crippen LogP contribution in [0.3, 0.4) is 0 Å². The molecule has 1 aliphatic heterocycles. The molecule has 9 heteroatoms. The van der Waals surface area contributed by atoms with Gasteiger partial charge in [-0.1, -0.05) is 63.3 Å². The zero-order valence-corrected chi connectivity index (χ0v) is 21.9. The Hall–Kier alpha value is -2.75. The molecular formula is C27H43N5O4. The molecule has 6 atom stereocenters. The molecule has 0 spiro atoms. The van der Waals surface area contributed by atoms with Gasteiger partial charge in [0.15, 0.2) is 0 Å². The Balaban J connectivity index is 2.28. The van der Waals surface area contributed by atoms with Crippen molar-refractivity contribution < 1.29 is 19.5 Å². The summed E-state index contributed by atoms with van der Waals surface area (Å²) in [6.07, 6.45) is 4.90. The number of rotatable bonds is 8. The van der Waals surface area contributed by atoms with Crippen molar-refractivity contribution in [3.8, 4) is 0 Å². The summed E-state index contributed by atoms with van der Waals surface area (Å²) in [5.41, 5.74) is 6.33. The molecule has 1 aliphatic rings. The minimum absolute atomic E-state index is 0.130. The summed E-state index contributed by atoms with van der Waals surface area (Å²) >= 11 is 0. The van der Waals surface area contributed by atoms with Crippen LogP contribution in [0, 0.1) is 11.8 Å². The zero-order chi connectivity index (χ0) is 26.7. The molecule has 36 heavy (non-hydrogen) atoms. The second-order valence-electron chi connectivity index (χ2n) is 10.0. The van der Waals surface area contributed by atoms with E-state index in [0.717, 1.165) is 5.56 Å². The predicted molar refractivity (Wildman–Crippen MR) is 141 cm³/mol. The van der Waals surface area contributed by atoms with Crippen molar-refractivity contribution >= 4 is 17.7 Å². The van der Waals surface area contributed by atoms with Gasteiger partial charge < -0.3 is 26.8 Å². The topological polar surface area (TPSA) is 146 Å². The number of aliphatic hydroxyl groups is 1. The van der Waals surface area contributed by atoms with Crippen molar-refractivity contribution in [3.05, 3.63) is 48.0 Å². The normalized spacial score (nSPS) is 28.6. The van der Waals surface area contributed by atoms with E-state index in [2.05, 4.69) is 21.3 Å². The summed E-state index contributed by atoms with van der Waals surface area (Å²) < 4.78 is 0. The van der Waals surface area contributed by atoms with Crippen LogP contribution in [0.5, 0.6) is 0 Å². The first-order valence-electron chi connectivity index (χ1n) is 12.8. The lowest BCUT2D eigenvalue weighted by Gasteiger charge is -2.29. The smallest absolute Gasteiger partial charge is 0.243 e. The molecule has 1 aromatic rings. The molecule has 1 aromatic carbocycles. The minimum Gasteiger partial charge on any atom is -0.376 e. The third-order valence-corrected chi connectivity index (χ3v) is 6.58. The molecule has 1 unspecified atom stereocenters. The summed E-state index contributed by atoms with van der Waals surface area (Å²) in [7, 11) is 0. The number of benzene rings is 1. The Morgan fingerprint density at radius 3 is 2.44 bits per heavy atom.